The number of rotatable bonds is 4. The molecule has 1 aliphatic carbocycles. The van der Waals surface area contributed by atoms with Gasteiger partial charge in [-0.3, -0.25) is 0 Å². The third-order valence-corrected chi connectivity index (χ3v) is 6.43. The topological polar surface area (TPSA) is 3.24 Å². The van der Waals surface area contributed by atoms with E-state index in [1.165, 1.54) is 36.8 Å². The van der Waals surface area contributed by atoms with Crippen molar-refractivity contribution in [1.82, 2.24) is 4.90 Å². The SMILES string of the molecule is CN(C)CC1CCCCC1(c1ccc(Br)cc1)c1ccc(Br)cc1. The summed E-state index contributed by atoms with van der Waals surface area (Å²) in [5.41, 5.74) is 3.03. The zero-order valence-electron chi connectivity index (χ0n) is 14.4. The molecule has 0 bridgehead atoms. The van der Waals surface area contributed by atoms with Gasteiger partial charge in [0.15, 0.2) is 0 Å². The summed E-state index contributed by atoms with van der Waals surface area (Å²) < 4.78 is 2.30. The molecule has 0 aromatic heterocycles. The Morgan fingerprint density at radius 1 is 0.875 bits per heavy atom. The van der Waals surface area contributed by atoms with E-state index in [1.54, 1.807) is 0 Å². The van der Waals surface area contributed by atoms with Crippen LogP contribution in [0.15, 0.2) is 57.5 Å². The first-order valence-electron chi connectivity index (χ1n) is 8.69. The van der Waals surface area contributed by atoms with E-state index in [2.05, 4.69) is 99.4 Å². The van der Waals surface area contributed by atoms with E-state index in [0.717, 1.165) is 15.5 Å². The van der Waals surface area contributed by atoms with Gasteiger partial charge in [0.1, 0.15) is 0 Å². The van der Waals surface area contributed by atoms with Crippen molar-refractivity contribution in [2.45, 2.75) is 31.1 Å². The van der Waals surface area contributed by atoms with Gasteiger partial charge in [-0.25, -0.2) is 0 Å². The van der Waals surface area contributed by atoms with E-state index in [9.17, 15) is 0 Å². The highest BCUT2D eigenvalue weighted by molar-refractivity contribution is 9.10. The minimum Gasteiger partial charge on any atom is -0.309 e. The highest BCUT2D eigenvalue weighted by Gasteiger charge is 2.43. The van der Waals surface area contributed by atoms with Crippen molar-refractivity contribution in [2.75, 3.05) is 20.6 Å². The Balaban J connectivity index is 2.14. The highest BCUT2D eigenvalue weighted by Crippen LogP contribution is 2.49. The van der Waals surface area contributed by atoms with Gasteiger partial charge in [0.25, 0.3) is 0 Å². The average molecular weight is 451 g/mol. The molecule has 128 valence electrons. The lowest BCUT2D eigenvalue weighted by Gasteiger charge is -2.46. The van der Waals surface area contributed by atoms with Crippen molar-refractivity contribution in [3.05, 3.63) is 68.6 Å². The third kappa shape index (κ3) is 3.63. The molecule has 1 atom stereocenters. The molecule has 0 saturated heterocycles. The minimum atomic E-state index is 0.115. The standard InChI is InChI=1S/C21H25Br2N/c1-24(2)15-18-5-3-4-14-21(18,16-6-10-19(22)11-7-16)17-8-12-20(23)13-9-17/h6-13,18H,3-5,14-15H2,1-2H3. The normalized spacial score (nSPS) is 20.3. The summed E-state index contributed by atoms with van der Waals surface area (Å²) in [7, 11) is 4.39. The monoisotopic (exact) mass is 449 g/mol. The van der Waals surface area contributed by atoms with Crippen LogP contribution in [0.2, 0.25) is 0 Å². The molecule has 3 rings (SSSR count). The van der Waals surface area contributed by atoms with Gasteiger partial charge in [-0.2, -0.15) is 0 Å². The third-order valence-electron chi connectivity index (χ3n) is 5.37. The number of nitrogens with zero attached hydrogens (tertiary/aromatic N) is 1. The molecule has 0 spiro atoms. The van der Waals surface area contributed by atoms with E-state index in [4.69, 9.17) is 0 Å². The molecule has 3 heteroatoms. The highest BCUT2D eigenvalue weighted by atomic mass is 79.9. The second kappa shape index (κ2) is 7.72. The molecular weight excluding hydrogens is 426 g/mol. The molecule has 0 radical (unpaired) electrons. The summed E-state index contributed by atoms with van der Waals surface area (Å²) in [5, 5.41) is 0. The largest absolute Gasteiger partial charge is 0.309 e. The molecule has 24 heavy (non-hydrogen) atoms. The van der Waals surface area contributed by atoms with Crippen LogP contribution < -0.4 is 0 Å². The maximum Gasteiger partial charge on any atom is 0.0243 e. The fourth-order valence-electron chi connectivity index (χ4n) is 4.35. The van der Waals surface area contributed by atoms with Gasteiger partial charge in [-0.15, -0.1) is 0 Å². The zero-order valence-corrected chi connectivity index (χ0v) is 17.6. The van der Waals surface area contributed by atoms with E-state index < -0.39 is 0 Å². The van der Waals surface area contributed by atoms with Crippen LogP contribution in [0.3, 0.4) is 0 Å². The molecule has 0 amide bonds. The molecule has 0 heterocycles. The van der Waals surface area contributed by atoms with Crippen LogP contribution in [0, 0.1) is 5.92 Å². The summed E-state index contributed by atoms with van der Waals surface area (Å²) in [5.74, 6) is 0.642. The maximum atomic E-state index is 3.59. The molecule has 0 N–H and O–H groups in total. The summed E-state index contributed by atoms with van der Waals surface area (Å²) in [6, 6.07) is 18.0. The maximum absolute atomic E-state index is 3.59. The molecule has 0 aliphatic heterocycles. The molecule has 1 fully saturated rings. The lowest BCUT2D eigenvalue weighted by molar-refractivity contribution is 0.177. The number of hydrogen-bond acceptors (Lipinski definition) is 1. The van der Waals surface area contributed by atoms with Crippen molar-refractivity contribution < 1.29 is 0 Å². The van der Waals surface area contributed by atoms with Crippen LogP contribution in [0.25, 0.3) is 0 Å². The summed E-state index contributed by atoms with van der Waals surface area (Å²) >= 11 is 7.19. The smallest absolute Gasteiger partial charge is 0.0243 e. The first-order valence-corrected chi connectivity index (χ1v) is 10.3. The van der Waals surface area contributed by atoms with E-state index in [1.807, 2.05) is 0 Å². The molecule has 1 nitrogen and oxygen atoms in total. The van der Waals surface area contributed by atoms with Crippen molar-refractivity contribution in [3.63, 3.8) is 0 Å². The molecule has 1 aliphatic rings. The van der Waals surface area contributed by atoms with Crippen LogP contribution in [-0.4, -0.2) is 25.5 Å². The predicted octanol–water partition coefficient (Wildman–Crippen LogP) is 6.25. The van der Waals surface area contributed by atoms with Crippen molar-refractivity contribution >= 4 is 31.9 Å². The first kappa shape index (κ1) is 18.2. The molecule has 1 unspecified atom stereocenters. The van der Waals surface area contributed by atoms with E-state index in [0.29, 0.717) is 5.92 Å². The quantitative estimate of drug-likeness (QED) is 0.532. The second-order valence-electron chi connectivity index (χ2n) is 7.19. The van der Waals surface area contributed by atoms with Gasteiger partial charge in [-0.05, 0) is 68.2 Å². The Hall–Kier alpha value is -0.640. The van der Waals surface area contributed by atoms with Crippen molar-refractivity contribution in [2.24, 2.45) is 5.92 Å². The Morgan fingerprint density at radius 3 is 1.83 bits per heavy atom. The summed E-state index contributed by atoms with van der Waals surface area (Å²) in [4.78, 5) is 2.35. The predicted molar refractivity (Wildman–Crippen MR) is 110 cm³/mol. The molecule has 2 aromatic rings. The van der Waals surface area contributed by atoms with Gasteiger partial charge in [-0.1, -0.05) is 69.0 Å². The van der Waals surface area contributed by atoms with E-state index in [-0.39, 0.29) is 5.41 Å². The van der Waals surface area contributed by atoms with Crippen LogP contribution in [0.1, 0.15) is 36.8 Å². The van der Waals surface area contributed by atoms with Gasteiger partial charge in [0.2, 0.25) is 0 Å². The molecule has 1 saturated carbocycles. The van der Waals surface area contributed by atoms with Crippen LogP contribution in [0.4, 0.5) is 0 Å². The Kier molecular flexibility index (Phi) is 5.84. The summed E-state index contributed by atoms with van der Waals surface area (Å²) in [6.07, 6.45) is 5.17. The molecular formula is C21H25Br2N. The van der Waals surface area contributed by atoms with Crippen molar-refractivity contribution in [3.8, 4) is 0 Å². The van der Waals surface area contributed by atoms with Crippen LogP contribution >= 0.6 is 31.9 Å². The second-order valence-corrected chi connectivity index (χ2v) is 9.02. The van der Waals surface area contributed by atoms with Crippen LogP contribution in [-0.2, 0) is 5.41 Å². The Bertz CT molecular complexity index is 616. The Labute approximate surface area is 162 Å². The average Bonchev–Trinajstić information content (AvgIpc) is 2.56. The van der Waals surface area contributed by atoms with Crippen molar-refractivity contribution in [1.29, 1.82) is 0 Å². The number of hydrogen-bond donors (Lipinski definition) is 0. The lowest BCUT2D eigenvalue weighted by Crippen LogP contribution is -2.44. The fourth-order valence-corrected chi connectivity index (χ4v) is 4.88. The lowest BCUT2D eigenvalue weighted by atomic mass is 9.59. The van der Waals surface area contributed by atoms with Gasteiger partial charge in [0, 0.05) is 20.9 Å². The summed E-state index contributed by atoms with van der Waals surface area (Å²) in [6.45, 7) is 1.13. The minimum absolute atomic E-state index is 0.115. The number of halogens is 2. The molecule has 2 aromatic carbocycles. The Morgan fingerprint density at radius 2 is 1.38 bits per heavy atom. The van der Waals surface area contributed by atoms with Gasteiger partial charge in [0.05, 0.1) is 0 Å². The van der Waals surface area contributed by atoms with E-state index >= 15 is 0 Å². The van der Waals surface area contributed by atoms with Gasteiger partial charge < -0.3 is 4.90 Å². The van der Waals surface area contributed by atoms with Gasteiger partial charge >= 0.3 is 0 Å². The van der Waals surface area contributed by atoms with Crippen LogP contribution in [0.5, 0.6) is 0 Å². The first-order chi connectivity index (χ1) is 11.5. The fraction of sp³-hybridized carbons (Fsp3) is 0.429. The zero-order chi connectivity index (χ0) is 17.2. The number of benzene rings is 2.